The number of hydrogen-bond donors (Lipinski definition) is 1. The maximum atomic E-state index is 13.2. The Labute approximate surface area is 191 Å². The number of hydrogen-bond acceptors (Lipinski definition) is 6. The fourth-order valence-corrected chi connectivity index (χ4v) is 4.37. The monoisotopic (exact) mass is 451 g/mol. The number of carbonyl (C=O) groups excluding carboxylic acids is 1. The van der Waals surface area contributed by atoms with Crippen LogP contribution in [0, 0.1) is 19.7 Å². The van der Waals surface area contributed by atoms with Gasteiger partial charge in [-0.2, -0.15) is 0 Å². The Morgan fingerprint density at radius 1 is 1.00 bits per heavy atom. The van der Waals surface area contributed by atoms with Crippen molar-refractivity contribution in [1.29, 1.82) is 0 Å². The van der Waals surface area contributed by atoms with Crippen molar-refractivity contribution in [2.75, 3.05) is 47.0 Å². The average molecular weight is 452 g/mol. The number of piperazine rings is 1. The molecule has 0 spiro atoms. The molecule has 166 valence electrons. The molecular formula is C24H26FN5OS. The lowest BCUT2D eigenvalue weighted by molar-refractivity contribution is -0.113. The number of halogens is 1. The molecule has 8 heteroatoms. The van der Waals surface area contributed by atoms with Crippen molar-refractivity contribution in [3.05, 3.63) is 71.7 Å². The van der Waals surface area contributed by atoms with E-state index in [9.17, 15) is 9.18 Å². The molecule has 1 amide bonds. The Bertz CT molecular complexity index is 1060. The van der Waals surface area contributed by atoms with Crippen molar-refractivity contribution in [2.24, 2.45) is 0 Å². The van der Waals surface area contributed by atoms with Crippen LogP contribution in [-0.2, 0) is 4.79 Å². The molecule has 0 unspecified atom stereocenters. The van der Waals surface area contributed by atoms with Crippen LogP contribution in [0.3, 0.4) is 0 Å². The fourth-order valence-electron chi connectivity index (χ4n) is 3.74. The molecule has 1 saturated heterocycles. The zero-order valence-electron chi connectivity index (χ0n) is 18.2. The van der Waals surface area contributed by atoms with Gasteiger partial charge in [0.05, 0.1) is 5.75 Å². The summed E-state index contributed by atoms with van der Waals surface area (Å²) in [5.74, 6) is 0.808. The molecule has 2 aromatic carbocycles. The standard InChI is InChI=1S/C24H26FN5OS/c1-17-4-3-5-18(2)23(17)28-22(31)16-32-24-26-11-10-21(27-24)30-14-12-29(13-15-30)20-8-6-19(25)7-9-20/h3-11H,12-16H2,1-2H3,(H,28,31). The van der Waals surface area contributed by atoms with Gasteiger partial charge >= 0.3 is 0 Å². The van der Waals surface area contributed by atoms with E-state index in [2.05, 4.69) is 25.1 Å². The zero-order chi connectivity index (χ0) is 22.5. The van der Waals surface area contributed by atoms with Gasteiger partial charge in [0.1, 0.15) is 11.6 Å². The maximum absolute atomic E-state index is 13.2. The average Bonchev–Trinajstić information content (AvgIpc) is 2.81. The Morgan fingerprint density at radius 2 is 1.66 bits per heavy atom. The first-order valence-corrected chi connectivity index (χ1v) is 11.6. The summed E-state index contributed by atoms with van der Waals surface area (Å²) in [5, 5.41) is 3.58. The molecule has 3 aromatic rings. The number of carbonyl (C=O) groups is 1. The number of para-hydroxylation sites is 1. The lowest BCUT2D eigenvalue weighted by atomic mass is 10.1. The largest absolute Gasteiger partial charge is 0.368 e. The van der Waals surface area contributed by atoms with Crippen LogP contribution >= 0.6 is 11.8 Å². The first-order chi connectivity index (χ1) is 15.5. The molecule has 1 aliphatic heterocycles. The van der Waals surface area contributed by atoms with Gasteiger partial charge in [0.15, 0.2) is 5.16 Å². The van der Waals surface area contributed by atoms with Crippen LogP contribution in [0.25, 0.3) is 0 Å². The van der Waals surface area contributed by atoms with Gasteiger partial charge in [-0.25, -0.2) is 14.4 Å². The second kappa shape index (κ2) is 9.99. The number of anilines is 3. The minimum atomic E-state index is -0.221. The molecule has 1 aromatic heterocycles. The molecule has 4 rings (SSSR count). The SMILES string of the molecule is Cc1cccc(C)c1NC(=O)CSc1nccc(N2CCN(c3ccc(F)cc3)CC2)n1. The summed E-state index contributed by atoms with van der Waals surface area (Å²) < 4.78 is 13.2. The van der Waals surface area contributed by atoms with Crippen molar-refractivity contribution >= 4 is 34.9 Å². The summed E-state index contributed by atoms with van der Waals surface area (Å²) in [6, 6.07) is 14.5. The van der Waals surface area contributed by atoms with Crippen LogP contribution in [0.5, 0.6) is 0 Å². The van der Waals surface area contributed by atoms with Crippen LogP contribution < -0.4 is 15.1 Å². The Kier molecular flexibility index (Phi) is 6.90. The molecule has 0 radical (unpaired) electrons. The molecule has 6 nitrogen and oxygen atoms in total. The van der Waals surface area contributed by atoms with Crippen LogP contribution in [-0.4, -0.2) is 47.8 Å². The van der Waals surface area contributed by atoms with Crippen LogP contribution in [0.15, 0.2) is 59.9 Å². The number of amides is 1. The van der Waals surface area contributed by atoms with Gasteiger partial charge in [0.25, 0.3) is 0 Å². The molecule has 0 aliphatic carbocycles. The smallest absolute Gasteiger partial charge is 0.234 e. The maximum Gasteiger partial charge on any atom is 0.234 e. The van der Waals surface area contributed by atoms with Gasteiger partial charge in [0, 0.05) is 43.8 Å². The summed E-state index contributed by atoms with van der Waals surface area (Å²) in [7, 11) is 0. The Hall–Kier alpha value is -3.13. The van der Waals surface area contributed by atoms with Crippen molar-refractivity contribution in [3.8, 4) is 0 Å². The number of benzene rings is 2. The number of aryl methyl sites for hydroxylation is 2. The second-order valence-corrected chi connectivity index (χ2v) is 8.69. The van der Waals surface area contributed by atoms with E-state index in [0.29, 0.717) is 5.16 Å². The van der Waals surface area contributed by atoms with Crippen molar-refractivity contribution in [2.45, 2.75) is 19.0 Å². The molecule has 2 heterocycles. The van der Waals surface area contributed by atoms with Gasteiger partial charge < -0.3 is 15.1 Å². The minimum absolute atomic E-state index is 0.0747. The number of rotatable bonds is 6. The van der Waals surface area contributed by atoms with Crippen molar-refractivity contribution in [1.82, 2.24) is 9.97 Å². The van der Waals surface area contributed by atoms with Gasteiger partial charge in [-0.05, 0) is 55.3 Å². The molecule has 1 aliphatic rings. The van der Waals surface area contributed by atoms with E-state index in [-0.39, 0.29) is 17.5 Å². The Morgan fingerprint density at radius 3 is 2.34 bits per heavy atom. The molecule has 0 atom stereocenters. The molecule has 32 heavy (non-hydrogen) atoms. The third-order valence-electron chi connectivity index (χ3n) is 5.49. The number of nitrogens with one attached hydrogen (secondary N) is 1. The van der Waals surface area contributed by atoms with Crippen molar-refractivity contribution < 1.29 is 9.18 Å². The molecule has 0 bridgehead atoms. The van der Waals surface area contributed by atoms with E-state index in [0.717, 1.165) is 54.5 Å². The summed E-state index contributed by atoms with van der Waals surface area (Å²) >= 11 is 1.33. The summed E-state index contributed by atoms with van der Waals surface area (Å²) in [6.45, 7) is 7.25. The van der Waals surface area contributed by atoms with Crippen LogP contribution in [0.4, 0.5) is 21.6 Å². The quantitative estimate of drug-likeness (QED) is 0.446. The summed E-state index contributed by atoms with van der Waals surface area (Å²) in [6.07, 6.45) is 1.74. The second-order valence-electron chi connectivity index (χ2n) is 7.75. The number of aromatic nitrogens is 2. The van der Waals surface area contributed by atoms with Crippen LogP contribution in [0.1, 0.15) is 11.1 Å². The van der Waals surface area contributed by atoms with Crippen LogP contribution in [0.2, 0.25) is 0 Å². The molecule has 0 saturated carbocycles. The van der Waals surface area contributed by atoms with E-state index in [1.807, 2.05) is 50.2 Å². The number of nitrogens with zero attached hydrogens (tertiary/aromatic N) is 4. The predicted molar refractivity (Wildman–Crippen MR) is 128 cm³/mol. The minimum Gasteiger partial charge on any atom is -0.368 e. The predicted octanol–water partition coefficient (Wildman–Crippen LogP) is 4.29. The first-order valence-electron chi connectivity index (χ1n) is 10.6. The number of thioether (sulfide) groups is 1. The summed E-state index contributed by atoms with van der Waals surface area (Å²) in [4.78, 5) is 25.9. The first kappa shape index (κ1) is 22.1. The zero-order valence-corrected chi connectivity index (χ0v) is 19.0. The van der Waals surface area contributed by atoms with Gasteiger partial charge in [-0.1, -0.05) is 30.0 Å². The van der Waals surface area contributed by atoms with Gasteiger partial charge in [-0.15, -0.1) is 0 Å². The highest BCUT2D eigenvalue weighted by Crippen LogP contribution is 2.23. The van der Waals surface area contributed by atoms with Gasteiger partial charge in [0.2, 0.25) is 5.91 Å². The van der Waals surface area contributed by atoms with E-state index >= 15 is 0 Å². The Balaban J connectivity index is 1.32. The third kappa shape index (κ3) is 5.37. The highest BCUT2D eigenvalue weighted by molar-refractivity contribution is 7.99. The third-order valence-corrected chi connectivity index (χ3v) is 6.35. The highest BCUT2D eigenvalue weighted by atomic mass is 32.2. The van der Waals surface area contributed by atoms with Crippen molar-refractivity contribution in [3.63, 3.8) is 0 Å². The molecule has 1 N–H and O–H groups in total. The van der Waals surface area contributed by atoms with E-state index in [4.69, 9.17) is 0 Å². The van der Waals surface area contributed by atoms with E-state index < -0.39 is 0 Å². The van der Waals surface area contributed by atoms with E-state index in [1.54, 1.807) is 6.20 Å². The van der Waals surface area contributed by atoms with E-state index in [1.165, 1.54) is 23.9 Å². The normalized spacial score (nSPS) is 13.8. The topological polar surface area (TPSA) is 61.4 Å². The summed E-state index contributed by atoms with van der Waals surface area (Å²) in [5.41, 5.74) is 3.98. The molecule has 1 fully saturated rings. The highest BCUT2D eigenvalue weighted by Gasteiger charge is 2.19. The molecular weight excluding hydrogens is 425 g/mol. The lowest BCUT2D eigenvalue weighted by Crippen LogP contribution is -2.46. The lowest BCUT2D eigenvalue weighted by Gasteiger charge is -2.36. The van der Waals surface area contributed by atoms with Gasteiger partial charge in [-0.3, -0.25) is 4.79 Å². The fraction of sp³-hybridized carbons (Fsp3) is 0.292.